The van der Waals surface area contributed by atoms with Crippen LogP contribution in [0.1, 0.15) is 6.92 Å². The van der Waals surface area contributed by atoms with Gasteiger partial charge >= 0.3 is 5.97 Å². The third-order valence-corrected chi connectivity index (χ3v) is 3.48. The van der Waals surface area contributed by atoms with Crippen molar-refractivity contribution in [2.75, 3.05) is 18.0 Å². The molecule has 7 heteroatoms. The molecular weight excluding hydrogens is 255 g/mol. The predicted octanol–water partition coefficient (Wildman–Crippen LogP) is 1.89. The Kier molecular flexibility index (Phi) is 3.37. The third-order valence-electron chi connectivity index (χ3n) is 3.48. The first kappa shape index (κ1) is 13.3. The SMILES string of the molecule is CC(C(=O)O)C1CN(c2cc(F)ccc2[N+](=O)[O-])C1. The number of rotatable bonds is 4. The number of halogens is 1. The zero-order valence-electron chi connectivity index (χ0n) is 10.2. The molecule has 1 fully saturated rings. The minimum Gasteiger partial charge on any atom is -0.481 e. The zero-order chi connectivity index (χ0) is 14.2. The molecule has 0 radical (unpaired) electrons. The summed E-state index contributed by atoms with van der Waals surface area (Å²) >= 11 is 0. The van der Waals surface area contributed by atoms with Crippen LogP contribution in [0.3, 0.4) is 0 Å². The fourth-order valence-electron chi connectivity index (χ4n) is 2.13. The number of hydrogen-bond acceptors (Lipinski definition) is 4. The number of benzene rings is 1. The van der Waals surface area contributed by atoms with Crippen molar-refractivity contribution < 1.29 is 19.2 Å². The standard InChI is InChI=1S/C12H13FN2O4/c1-7(12(16)17)8-5-14(6-8)11-4-9(13)2-3-10(11)15(18)19/h2-4,7-8H,5-6H2,1H3,(H,16,17). The van der Waals surface area contributed by atoms with Crippen molar-refractivity contribution in [3.8, 4) is 0 Å². The lowest BCUT2D eigenvalue weighted by Crippen LogP contribution is -2.51. The van der Waals surface area contributed by atoms with Gasteiger partial charge in [-0.2, -0.15) is 0 Å². The van der Waals surface area contributed by atoms with E-state index in [2.05, 4.69) is 0 Å². The molecule has 0 saturated carbocycles. The summed E-state index contributed by atoms with van der Waals surface area (Å²) in [6, 6.07) is 3.27. The number of nitro benzene ring substituents is 1. The first-order valence-electron chi connectivity index (χ1n) is 5.82. The summed E-state index contributed by atoms with van der Waals surface area (Å²) in [7, 11) is 0. The number of hydrogen-bond donors (Lipinski definition) is 1. The molecule has 0 amide bonds. The van der Waals surface area contributed by atoms with Crippen LogP contribution < -0.4 is 4.90 Å². The van der Waals surface area contributed by atoms with Crippen LogP contribution in [0.15, 0.2) is 18.2 Å². The predicted molar refractivity (Wildman–Crippen MR) is 65.6 cm³/mol. The van der Waals surface area contributed by atoms with Gasteiger partial charge in [0.2, 0.25) is 0 Å². The number of anilines is 1. The molecular formula is C12H13FN2O4. The minimum absolute atomic E-state index is 0.0691. The van der Waals surface area contributed by atoms with E-state index in [0.717, 1.165) is 18.2 Å². The summed E-state index contributed by atoms with van der Waals surface area (Å²) in [6.07, 6.45) is 0. The molecule has 1 atom stereocenters. The summed E-state index contributed by atoms with van der Waals surface area (Å²) in [5.41, 5.74) is 0.0432. The van der Waals surface area contributed by atoms with Crippen LogP contribution in [-0.2, 0) is 4.79 Å². The molecule has 1 saturated heterocycles. The molecule has 2 rings (SSSR count). The Balaban J connectivity index is 2.15. The van der Waals surface area contributed by atoms with Gasteiger partial charge in [-0.15, -0.1) is 0 Å². The van der Waals surface area contributed by atoms with Crippen LogP contribution in [-0.4, -0.2) is 29.1 Å². The summed E-state index contributed by atoms with van der Waals surface area (Å²) in [5, 5.41) is 19.7. The molecule has 1 aliphatic heterocycles. The smallest absolute Gasteiger partial charge is 0.306 e. The molecule has 1 aliphatic rings. The van der Waals surface area contributed by atoms with E-state index in [9.17, 15) is 19.3 Å². The number of carboxylic acid groups (broad SMARTS) is 1. The molecule has 0 spiro atoms. The summed E-state index contributed by atoms with van der Waals surface area (Å²) in [6.45, 7) is 2.37. The second-order valence-electron chi connectivity index (χ2n) is 4.68. The Morgan fingerprint density at radius 2 is 2.21 bits per heavy atom. The van der Waals surface area contributed by atoms with Crippen molar-refractivity contribution in [3.63, 3.8) is 0 Å². The first-order chi connectivity index (χ1) is 8.90. The maximum atomic E-state index is 13.2. The monoisotopic (exact) mass is 268 g/mol. The Morgan fingerprint density at radius 3 is 2.74 bits per heavy atom. The molecule has 6 nitrogen and oxygen atoms in total. The molecule has 1 aromatic rings. The van der Waals surface area contributed by atoms with Gasteiger partial charge in [0.15, 0.2) is 0 Å². The van der Waals surface area contributed by atoms with E-state index < -0.39 is 22.6 Å². The van der Waals surface area contributed by atoms with Gasteiger partial charge in [0.25, 0.3) is 5.69 Å². The van der Waals surface area contributed by atoms with E-state index in [-0.39, 0.29) is 17.3 Å². The quantitative estimate of drug-likeness (QED) is 0.666. The number of nitro groups is 1. The van der Waals surface area contributed by atoms with Crippen molar-refractivity contribution in [3.05, 3.63) is 34.1 Å². The molecule has 102 valence electrons. The Morgan fingerprint density at radius 1 is 1.58 bits per heavy atom. The van der Waals surface area contributed by atoms with E-state index in [4.69, 9.17) is 5.11 Å². The molecule has 1 N–H and O–H groups in total. The number of aliphatic carboxylic acids is 1. The lowest BCUT2D eigenvalue weighted by Gasteiger charge is -2.42. The fraction of sp³-hybridized carbons (Fsp3) is 0.417. The molecule has 0 aliphatic carbocycles. The highest BCUT2D eigenvalue weighted by Crippen LogP contribution is 2.35. The van der Waals surface area contributed by atoms with Crippen LogP contribution in [0.4, 0.5) is 15.8 Å². The van der Waals surface area contributed by atoms with Gasteiger partial charge in [0.05, 0.1) is 10.8 Å². The van der Waals surface area contributed by atoms with Crippen LogP contribution in [0, 0.1) is 27.8 Å². The Labute approximate surface area is 108 Å². The number of nitrogens with zero attached hydrogens (tertiary/aromatic N) is 2. The molecule has 1 unspecified atom stereocenters. The van der Waals surface area contributed by atoms with Gasteiger partial charge in [-0.25, -0.2) is 4.39 Å². The van der Waals surface area contributed by atoms with Gasteiger partial charge in [-0.05, 0) is 6.07 Å². The maximum Gasteiger partial charge on any atom is 0.306 e. The van der Waals surface area contributed by atoms with Crippen LogP contribution in [0.25, 0.3) is 0 Å². The van der Waals surface area contributed by atoms with Gasteiger partial charge in [0.1, 0.15) is 11.5 Å². The van der Waals surface area contributed by atoms with Gasteiger partial charge in [-0.3, -0.25) is 14.9 Å². The summed E-state index contributed by atoms with van der Waals surface area (Å²) < 4.78 is 13.2. The van der Waals surface area contributed by atoms with E-state index >= 15 is 0 Å². The summed E-state index contributed by atoms with van der Waals surface area (Å²) in [5.74, 6) is -2.02. The van der Waals surface area contributed by atoms with Crippen molar-refractivity contribution in [1.29, 1.82) is 0 Å². The lowest BCUT2D eigenvalue weighted by atomic mass is 9.86. The molecule has 19 heavy (non-hydrogen) atoms. The average molecular weight is 268 g/mol. The lowest BCUT2D eigenvalue weighted by molar-refractivity contribution is -0.384. The average Bonchev–Trinajstić information content (AvgIpc) is 2.26. The topological polar surface area (TPSA) is 83.7 Å². The van der Waals surface area contributed by atoms with Crippen molar-refractivity contribution >= 4 is 17.3 Å². The normalized spacial score (nSPS) is 16.8. The van der Waals surface area contributed by atoms with Gasteiger partial charge < -0.3 is 10.0 Å². The van der Waals surface area contributed by atoms with Crippen molar-refractivity contribution in [2.45, 2.75) is 6.92 Å². The maximum absolute atomic E-state index is 13.2. The number of carbonyl (C=O) groups is 1. The summed E-state index contributed by atoms with van der Waals surface area (Å²) in [4.78, 5) is 22.7. The van der Waals surface area contributed by atoms with E-state index in [1.54, 1.807) is 11.8 Å². The second kappa shape index (κ2) is 4.83. The highest BCUT2D eigenvalue weighted by atomic mass is 19.1. The Hall–Kier alpha value is -2.18. The molecule has 1 aromatic carbocycles. The van der Waals surface area contributed by atoms with Gasteiger partial charge in [0, 0.05) is 31.1 Å². The molecule has 0 bridgehead atoms. The van der Waals surface area contributed by atoms with Crippen LogP contribution in [0.2, 0.25) is 0 Å². The highest BCUT2D eigenvalue weighted by Gasteiger charge is 2.37. The molecule has 0 aromatic heterocycles. The van der Waals surface area contributed by atoms with Crippen molar-refractivity contribution in [1.82, 2.24) is 0 Å². The van der Waals surface area contributed by atoms with E-state index in [1.807, 2.05) is 0 Å². The second-order valence-corrected chi connectivity index (χ2v) is 4.68. The highest BCUT2D eigenvalue weighted by molar-refractivity contribution is 5.71. The van der Waals surface area contributed by atoms with Crippen molar-refractivity contribution in [2.24, 2.45) is 11.8 Å². The van der Waals surface area contributed by atoms with Gasteiger partial charge in [-0.1, -0.05) is 6.92 Å². The largest absolute Gasteiger partial charge is 0.481 e. The number of carboxylic acids is 1. The minimum atomic E-state index is -0.890. The van der Waals surface area contributed by atoms with E-state index in [0.29, 0.717) is 13.1 Å². The first-order valence-corrected chi connectivity index (χ1v) is 5.82. The zero-order valence-corrected chi connectivity index (χ0v) is 10.2. The fourth-order valence-corrected chi connectivity index (χ4v) is 2.13. The van der Waals surface area contributed by atoms with E-state index in [1.165, 1.54) is 0 Å². The van der Waals surface area contributed by atoms with Crippen LogP contribution >= 0.6 is 0 Å². The Bertz CT molecular complexity index is 528. The third kappa shape index (κ3) is 2.49. The molecule has 1 heterocycles. The van der Waals surface area contributed by atoms with Crippen LogP contribution in [0.5, 0.6) is 0 Å².